The van der Waals surface area contributed by atoms with Crippen molar-refractivity contribution in [3.63, 3.8) is 0 Å². The molecule has 0 saturated carbocycles. The van der Waals surface area contributed by atoms with Gasteiger partial charge in [-0.3, -0.25) is 9.69 Å². The second-order valence-corrected chi connectivity index (χ2v) is 5.22. The van der Waals surface area contributed by atoms with Crippen LogP contribution in [0.15, 0.2) is 18.2 Å². The van der Waals surface area contributed by atoms with Crippen molar-refractivity contribution in [1.82, 2.24) is 10.2 Å². The van der Waals surface area contributed by atoms with Gasteiger partial charge in [0.1, 0.15) is 0 Å². The standard InChI is InChI=1S/C15H23N3O.2ClH/c1-11-5-4-6-12(2)14(11)17-15(19)13(3)18-9-7-16-8-10-18;;/h4-6,13,16H,7-10H2,1-3H3,(H,17,19);2*1H. The van der Waals surface area contributed by atoms with Crippen LogP contribution in [-0.4, -0.2) is 43.0 Å². The molecule has 1 aliphatic rings. The number of aryl methyl sites for hydroxylation is 2. The number of piperazine rings is 1. The first-order valence-corrected chi connectivity index (χ1v) is 6.91. The molecule has 4 nitrogen and oxygen atoms in total. The molecule has 1 heterocycles. The van der Waals surface area contributed by atoms with Gasteiger partial charge in [0.25, 0.3) is 0 Å². The van der Waals surface area contributed by atoms with Gasteiger partial charge in [-0.2, -0.15) is 0 Å². The van der Waals surface area contributed by atoms with Crippen molar-refractivity contribution < 1.29 is 4.79 Å². The molecular weight excluding hydrogens is 309 g/mol. The van der Waals surface area contributed by atoms with Gasteiger partial charge in [-0.05, 0) is 31.9 Å². The number of carbonyl (C=O) groups is 1. The highest BCUT2D eigenvalue weighted by Crippen LogP contribution is 2.20. The van der Waals surface area contributed by atoms with E-state index in [1.807, 2.05) is 39.0 Å². The van der Waals surface area contributed by atoms with E-state index in [2.05, 4.69) is 15.5 Å². The second kappa shape index (κ2) is 9.26. The minimum absolute atomic E-state index is 0. The van der Waals surface area contributed by atoms with E-state index < -0.39 is 0 Å². The maximum Gasteiger partial charge on any atom is 0.241 e. The molecule has 2 rings (SSSR count). The number of para-hydroxylation sites is 1. The Morgan fingerprint density at radius 2 is 1.71 bits per heavy atom. The number of benzene rings is 1. The Hall–Kier alpha value is -0.810. The van der Waals surface area contributed by atoms with Crippen LogP contribution in [0, 0.1) is 13.8 Å². The summed E-state index contributed by atoms with van der Waals surface area (Å²) in [7, 11) is 0. The molecule has 1 fully saturated rings. The van der Waals surface area contributed by atoms with Crippen LogP contribution >= 0.6 is 24.8 Å². The first-order valence-electron chi connectivity index (χ1n) is 6.91. The van der Waals surface area contributed by atoms with Crippen LogP contribution in [0.5, 0.6) is 0 Å². The minimum Gasteiger partial charge on any atom is -0.324 e. The normalized spacial score (nSPS) is 16.3. The number of hydrogen-bond acceptors (Lipinski definition) is 3. The average molecular weight is 334 g/mol. The zero-order valence-corrected chi connectivity index (χ0v) is 14.4. The lowest BCUT2D eigenvalue weighted by atomic mass is 10.1. The molecule has 120 valence electrons. The summed E-state index contributed by atoms with van der Waals surface area (Å²) < 4.78 is 0. The molecule has 1 saturated heterocycles. The van der Waals surface area contributed by atoms with Crippen molar-refractivity contribution in [3.8, 4) is 0 Å². The summed E-state index contributed by atoms with van der Waals surface area (Å²) in [4.78, 5) is 14.6. The molecule has 1 aromatic carbocycles. The van der Waals surface area contributed by atoms with Crippen LogP contribution in [-0.2, 0) is 4.79 Å². The summed E-state index contributed by atoms with van der Waals surface area (Å²) >= 11 is 0. The highest BCUT2D eigenvalue weighted by atomic mass is 35.5. The molecule has 0 radical (unpaired) electrons. The topological polar surface area (TPSA) is 44.4 Å². The van der Waals surface area contributed by atoms with Crippen molar-refractivity contribution in [2.24, 2.45) is 0 Å². The molecule has 2 N–H and O–H groups in total. The maximum absolute atomic E-state index is 12.3. The van der Waals surface area contributed by atoms with E-state index in [4.69, 9.17) is 0 Å². The summed E-state index contributed by atoms with van der Waals surface area (Å²) in [5.41, 5.74) is 3.18. The monoisotopic (exact) mass is 333 g/mol. The predicted octanol–water partition coefficient (Wildman–Crippen LogP) is 2.38. The Kier molecular flexibility index (Phi) is 8.90. The van der Waals surface area contributed by atoms with Crippen LogP contribution in [0.4, 0.5) is 5.69 Å². The van der Waals surface area contributed by atoms with Crippen molar-refractivity contribution in [1.29, 1.82) is 0 Å². The molecule has 1 amide bonds. The van der Waals surface area contributed by atoms with Crippen LogP contribution < -0.4 is 10.6 Å². The zero-order valence-electron chi connectivity index (χ0n) is 12.8. The number of hydrogen-bond donors (Lipinski definition) is 2. The second-order valence-electron chi connectivity index (χ2n) is 5.22. The van der Waals surface area contributed by atoms with Crippen molar-refractivity contribution in [3.05, 3.63) is 29.3 Å². The van der Waals surface area contributed by atoms with Gasteiger partial charge < -0.3 is 10.6 Å². The van der Waals surface area contributed by atoms with E-state index in [0.717, 1.165) is 43.0 Å². The third kappa shape index (κ3) is 5.15. The van der Waals surface area contributed by atoms with Crippen molar-refractivity contribution in [2.45, 2.75) is 26.8 Å². The summed E-state index contributed by atoms with van der Waals surface area (Å²) in [5, 5.41) is 6.38. The Morgan fingerprint density at radius 1 is 1.19 bits per heavy atom. The van der Waals surface area contributed by atoms with Gasteiger partial charge in [-0.25, -0.2) is 0 Å². The largest absolute Gasteiger partial charge is 0.324 e. The number of anilines is 1. The van der Waals surface area contributed by atoms with E-state index >= 15 is 0 Å². The fraction of sp³-hybridized carbons (Fsp3) is 0.533. The first-order chi connectivity index (χ1) is 9.09. The Balaban J connectivity index is 0.00000200. The lowest BCUT2D eigenvalue weighted by Gasteiger charge is -2.32. The fourth-order valence-electron chi connectivity index (χ4n) is 2.47. The number of rotatable bonds is 3. The molecule has 1 unspecified atom stereocenters. The number of nitrogens with zero attached hydrogens (tertiary/aromatic N) is 1. The number of nitrogens with one attached hydrogen (secondary N) is 2. The van der Waals surface area contributed by atoms with Crippen LogP contribution in [0.3, 0.4) is 0 Å². The molecule has 1 aliphatic heterocycles. The SMILES string of the molecule is Cc1cccc(C)c1NC(=O)C(C)N1CCNCC1.Cl.Cl. The van der Waals surface area contributed by atoms with Gasteiger partial charge in [-0.15, -0.1) is 24.8 Å². The molecule has 0 bridgehead atoms. The van der Waals surface area contributed by atoms with E-state index in [-0.39, 0.29) is 36.8 Å². The zero-order chi connectivity index (χ0) is 13.8. The van der Waals surface area contributed by atoms with Crippen molar-refractivity contribution >= 4 is 36.4 Å². The molecule has 1 atom stereocenters. The van der Waals surface area contributed by atoms with Gasteiger partial charge in [0, 0.05) is 31.9 Å². The third-order valence-corrected chi connectivity index (χ3v) is 3.81. The molecule has 1 aromatic rings. The van der Waals surface area contributed by atoms with Gasteiger partial charge in [0.05, 0.1) is 6.04 Å². The van der Waals surface area contributed by atoms with E-state index in [0.29, 0.717) is 0 Å². The molecule has 21 heavy (non-hydrogen) atoms. The summed E-state index contributed by atoms with van der Waals surface area (Å²) in [5.74, 6) is 0.0827. The molecule has 6 heteroatoms. The highest BCUT2D eigenvalue weighted by Gasteiger charge is 2.23. The number of halogens is 2. The average Bonchev–Trinajstić information content (AvgIpc) is 2.43. The lowest BCUT2D eigenvalue weighted by molar-refractivity contribution is -0.121. The van der Waals surface area contributed by atoms with Crippen LogP contribution in [0.2, 0.25) is 0 Å². The minimum atomic E-state index is -0.0823. The van der Waals surface area contributed by atoms with E-state index in [1.54, 1.807) is 0 Å². The van der Waals surface area contributed by atoms with Gasteiger partial charge >= 0.3 is 0 Å². The van der Waals surface area contributed by atoms with Crippen LogP contribution in [0.25, 0.3) is 0 Å². The Bertz CT molecular complexity index is 442. The highest BCUT2D eigenvalue weighted by molar-refractivity contribution is 5.95. The smallest absolute Gasteiger partial charge is 0.241 e. The van der Waals surface area contributed by atoms with Crippen LogP contribution in [0.1, 0.15) is 18.1 Å². The van der Waals surface area contributed by atoms with Gasteiger partial charge in [-0.1, -0.05) is 18.2 Å². The Morgan fingerprint density at radius 3 is 2.24 bits per heavy atom. The molecule has 0 aromatic heterocycles. The third-order valence-electron chi connectivity index (χ3n) is 3.81. The van der Waals surface area contributed by atoms with Crippen molar-refractivity contribution in [2.75, 3.05) is 31.5 Å². The number of amides is 1. The van der Waals surface area contributed by atoms with Gasteiger partial charge in [0.15, 0.2) is 0 Å². The quantitative estimate of drug-likeness (QED) is 0.892. The maximum atomic E-state index is 12.3. The molecule has 0 aliphatic carbocycles. The summed E-state index contributed by atoms with van der Waals surface area (Å²) in [6.07, 6.45) is 0. The fourth-order valence-corrected chi connectivity index (χ4v) is 2.47. The van der Waals surface area contributed by atoms with Gasteiger partial charge in [0.2, 0.25) is 5.91 Å². The predicted molar refractivity (Wildman–Crippen MR) is 92.9 cm³/mol. The number of carbonyl (C=O) groups excluding carboxylic acids is 1. The summed E-state index contributed by atoms with van der Waals surface area (Å²) in [6, 6.07) is 5.98. The first kappa shape index (κ1) is 20.2. The molecule has 0 spiro atoms. The summed E-state index contributed by atoms with van der Waals surface area (Å²) in [6.45, 7) is 9.81. The molecular formula is C15H25Cl2N3O. The lowest BCUT2D eigenvalue weighted by Crippen LogP contribution is -2.51. The van der Waals surface area contributed by atoms with E-state index in [9.17, 15) is 4.79 Å². The van der Waals surface area contributed by atoms with E-state index in [1.165, 1.54) is 0 Å². The Labute approximate surface area is 139 Å².